The van der Waals surface area contributed by atoms with Gasteiger partial charge in [-0.25, -0.2) is 8.42 Å². The van der Waals surface area contributed by atoms with Crippen LogP contribution in [0.15, 0.2) is 23.9 Å². The molecule has 1 fully saturated rings. The number of nitrogens with zero attached hydrogens (tertiary/aromatic N) is 2. The third-order valence-electron chi connectivity index (χ3n) is 3.05. The van der Waals surface area contributed by atoms with Crippen molar-refractivity contribution in [3.63, 3.8) is 0 Å². The summed E-state index contributed by atoms with van der Waals surface area (Å²) in [6, 6.07) is 0. The molecule has 0 unspecified atom stereocenters. The maximum Gasteiger partial charge on any atom is 0.211 e. The van der Waals surface area contributed by atoms with Crippen molar-refractivity contribution in [2.24, 2.45) is 0 Å². The molecule has 2 aliphatic rings. The summed E-state index contributed by atoms with van der Waals surface area (Å²) in [7, 11) is -3.01. The zero-order valence-corrected chi connectivity index (χ0v) is 10.4. The molecule has 16 heavy (non-hydrogen) atoms. The van der Waals surface area contributed by atoms with Gasteiger partial charge < -0.3 is 4.90 Å². The van der Waals surface area contributed by atoms with Crippen LogP contribution in [0.3, 0.4) is 0 Å². The molecule has 0 bridgehead atoms. The zero-order valence-electron chi connectivity index (χ0n) is 9.59. The van der Waals surface area contributed by atoms with Gasteiger partial charge in [0.1, 0.15) is 0 Å². The molecule has 0 saturated carbocycles. The monoisotopic (exact) mass is 242 g/mol. The lowest BCUT2D eigenvalue weighted by Crippen LogP contribution is -2.47. The van der Waals surface area contributed by atoms with Crippen LogP contribution in [0.2, 0.25) is 0 Å². The number of piperazine rings is 1. The highest BCUT2D eigenvalue weighted by Crippen LogP contribution is 2.17. The van der Waals surface area contributed by atoms with Gasteiger partial charge in [-0.05, 0) is 18.9 Å². The molecule has 0 aromatic heterocycles. The summed E-state index contributed by atoms with van der Waals surface area (Å²) >= 11 is 0. The van der Waals surface area contributed by atoms with E-state index in [-0.39, 0.29) is 0 Å². The molecule has 2 rings (SSSR count). The summed E-state index contributed by atoms with van der Waals surface area (Å²) in [6.45, 7) is 2.79. The fourth-order valence-electron chi connectivity index (χ4n) is 2.11. The maximum absolute atomic E-state index is 11.3. The van der Waals surface area contributed by atoms with Gasteiger partial charge >= 0.3 is 0 Å². The average molecular weight is 242 g/mol. The number of hydrogen-bond donors (Lipinski definition) is 0. The lowest BCUT2D eigenvalue weighted by molar-refractivity contribution is 0.234. The Balaban J connectivity index is 1.95. The standard InChI is InChI=1S/C11H18N2O2S/c1-16(14,15)13-9-7-12(8-10-13)11-5-3-2-4-6-11/h3,5-6H,2,4,7-10H2,1H3. The second-order valence-electron chi connectivity index (χ2n) is 4.26. The second-order valence-corrected chi connectivity index (χ2v) is 6.24. The van der Waals surface area contributed by atoms with Crippen molar-refractivity contribution in [3.05, 3.63) is 23.9 Å². The van der Waals surface area contributed by atoms with Gasteiger partial charge in [0.2, 0.25) is 10.0 Å². The minimum atomic E-state index is -3.01. The van der Waals surface area contributed by atoms with E-state index in [0.717, 1.165) is 25.9 Å². The zero-order chi connectivity index (χ0) is 11.6. The molecule has 0 N–H and O–H groups in total. The third kappa shape index (κ3) is 2.65. The van der Waals surface area contributed by atoms with Crippen LogP contribution in [0.4, 0.5) is 0 Å². The van der Waals surface area contributed by atoms with Crippen LogP contribution in [0.1, 0.15) is 12.8 Å². The maximum atomic E-state index is 11.3. The van der Waals surface area contributed by atoms with Crippen LogP contribution in [0, 0.1) is 0 Å². The minimum Gasteiger partial charge on any atom is -0.369 e. The van der Waals surface area contributed by atoms with Crippen molar-refractivity contribution in [3.8, 4) is 0 Å². The first kappa shape index (κ1) is 11.7. The summed E-state index contributed by atoms with van der Waals surface area (Å²) in [5.74, 6) is 0. The fourth-order valence-corrected chi connectivity index (χ4v) is 2.94. The normalized spacial score (nSPS) is 23.3. The van der Waals surface area contributed by atoms with Gasteiger partial charge in [-0.3, -0.25) is 0 Å². The molecular weight excluding hydrogens is 224 g/mol. The molecule has 1 aliphatic heterocycles. The molecule has 4 nitrogen and oxygen atoms in total. The van der Waals surface area contributed by atoms with Gasteiger partial charge in [-0.2, -0.15) is 4.31 Å². The van der Waals surface area contributed by atoms with Crippen LogP contribution < -0.4 is 0 Å². The van der Waals surface area contributed by atoms with E-state index >= 15 is 0 Å². The summed E-state index contributed by atoms with van der Waals surface area (Å²) < 4.78 is 24.2. The Labute approximate surface area is 97.3 Å². The molecule has 0 amide bonds. The van der Waals surface area contributed by atoms with Crippen LogP contribution in [-0.4, -0.2) is 50.1 Å². The summed E-state index contributed by atoms with van der Waals surface area (Å²) in [6.07, 6.45) is 10.0. The van der Waals surface area contributed by atoms with Crippen molar-refractivity contribution < 1.29 is 8.42 Å². The smallest absolute Gasteiger partial charge is 0.211 e. The van der Waals surface area contributed by atoms with E-state index in [2.05, 4.69) is 23.1 Å². The van der Waals surface area contributed by atoms with Gasteiger partial charge in [-0.15, -0.1) is 0 Å². The van der Waals surface area contributed by atoms with Crippen molar-refractivity contribution >= 4 is 10.0 Å². The van der Waals surface area contributed by atoms with E-state index < -0.39 is 10.0 Å². The fraction of sp³-hybridized carbons (Fsp3) is 0.636. The lowest BCUT2D eigenvalue weighted by atomic mass is 10.1. The van der Waals surface area contributed by atoms with Crippen LogP contribution in [-0.2, 0) is 10.0 Å². The Kier molecular flexibility index (Phi) is 3.35. The van der Waals surface area contributed by atoms with Crippen LogP contribution in [0.25, 0.3) is 0 Å². The van der Waals surface area contributed by atoms with Crippen LogP contribution >= 0.6 is 0 Å². The lowest BCUT2D eigenvalue weighted by Gasteiger charge is -2.35. The van der Waals surface area contributed by atoms with Crippen molar-refractivity contribution in [1.29, 1.82) is 0 Å². The number of allylic oxidation sites excluding steroid dienone is 3. The largest absolute Gasteiger partial charge is 0.369 e. The molecular formula is C11H18N2O2S. The Morgan fingerprint density at radius 1 is 1.12 bits per heavy atom. The molecule has 1 heterocycles. The minimum absolute atomic E-state index is 0.601. The third-order valence-corrected chi connectivity index (χ3v) is 4.35. The Hall–Kier alpha value is -0.810. The van der Waals surface area contributed by atoms with E-state index in [9.17, 15) is 8.42 Å². The van der Waals surface area contributed by atoms with Gasteiger partial charge in [0.25, 0.3) is 0 Å². The van der Waals surface area contributed by atoms with Crippen LogP contribution in [0.5, 0.6) is 0 Å². The summed E-state index contributed by atoms with van der Waals surface area (Å²) in [5.41, 5.74) is 1.25. The Morgan fingerprint density at radius 2 is 1.81 bits per heavy atom. The van der Waals surface area contributed by atoms with E-state index in [1.807, 2.05) is 0 Å². The second kappa shape index (κ2) is 4.59. The average Bonchev–Trinajstić information content (AvgIpc) is 2.29. The van der Waals surface area contributed by atoms with Crippen molar-refractivity contribution in [1.82, 2.24) is 9.21 Å². The molecule has 90 valence electrons. The van der Waals surface area contributed by atoms with E-state index in [0.29, 0.717) is 13.1 Å². The highest BCUT2D eigenvalue weighted by Gasteiger charge is 2.23. The quantitative estimate of drug-likeness (QED) is 0.719. The van der Waals surface area contributed by atoms with Gasteiger partial charge in [0.15, 0.2) is 0 Å². The van der Waals surface area contributed by atoms with E-state index in [4.69, 9.17) is 0 Å². The first-order valence-electron chi connectivity index (χ1n) is 5.64. The highest BCUT2D eigenvalue weighted by atomic mass is 32.2. The Morgan fingerprint density at radius 3 is 2.31 bits per heavy atom. The van der Waals surface area contributed by atoms with Crippen molar-refractivity contribution in [2.45, 2.75) is 12.8 Å². The summed E-state index contributed by atoms with van der Waals surface area (Å²) in [4.78, 5) is 2.26. The van der Waals surface area contributed by atoms with Gasteiger partial charge in [-0.1, -0.05) is 12.2 Å². The molecule has 1 aliphatic carbocycles. The molecule has 5 heteroatoms. The SMILES string of the molecule is CS(=O)(=O)N1CCN(C2=CCCC=C2)CC1. The highest BCUT2D eigenvalue weighted by molar-refractivity contribution is 7.88. The topological polar surface area (TPSA) is 40.6 Å². The van der Waals surface area contributed by atoms with Gasteiger partial charge in [0.05, 0.1) is 6.26 Å². The first-order valence-corrected chi connectivity index (χ1v) is 7.49. The molecule has 0 spiro atoms. The number of sulfonamides is 1. The number of hydrogen-bond acceptors (Lipinski definition) is 3. The predicted octanol–water partition coefficient (Wildman–Crippen LogP) is 0.797. The molecule has 0 aromatic carbocycles. The van der Waals surface area contributed by atoms with Gasteiger partial charge in [0, 0.05) is 31.9 Å². The molecule has 0 aromatic rings. The molecule has 1 saturated heterocycles. The summed E-state index contributed by atoms with van der Waals surface area (Å²) in [5, 5.41) is 0. The molecule has 0 radical (unpaired) electrons. The van der Waals surface area contributed by atoms with E-state index in [1.165, 1.54) is 12.0 Å². The van der Waals surface area contributed by atoms with E-state index in [1.54, 1.807) is 4.31 Å². The predicted molar refractivity (Wildman–Crippen MR) is 64.4 cm³/mol. The van der Waals surface area contributed by atoms with Crippen molar-refractivity contribution in [2.75, 3.05) is 32.4 Å². The first-order chi connectivity index (χ1) is 7.57. The number of rotatable bonds is 2. The Bertz CT molecular complexity index is 404. The molecule has 0 atom stereocenters.